The molecule has 2 bridgehead atoms. The van der Waals surface area contributed by atoms with E-state index in [-0.39, 0.29) is 16.7 Å². The predicted molar refractivity (Wildman–Crippen MR) is 130 cm³/mol. The van der Waals surface area contributed by atoms with E-state index in [0.29, 0.717) is 12.1 Å². The van der Waals surface area contributed by atoms with Crippen LogP contribution in [0.15, 0.2) is 36.4 Å². The molecule has 0 aliphatic heterocycles. The average Bonchev–Trinajstić information content (AvgIpc) is 3.11. The van der Waals surface area contributed by atoms with Crippen LogP contribution in [0.1, 0.15) is 66.5 Å². The van der Waals surface area contributed by atoms with E-state index in [0.717, 1.165) is 34.3 Å². The van der Waals surface area contributed by atoms with Crippen molar-refractivity contribution in [2.24, 2.45) is 5.41 Å². The highest BCUT2D eigenvalue weighted by Crippen LogP contribution is 2.70. The van der Waals surface area contributed by atoms with E-state index >= 15 is 0 Å². The summed E-state index contributed by atoms with van der Waals surface area (Å²) in [5.74, 6) is -1.15. The van der Waals surface area contributed by atoms with E-state index in [2.05, 4.69) is 17.8 Å². The zero-order chi connectivity index (χ0) is 25.3. The second kappa shape index (κ2) is 7.31. The lowest BCUT2D eigenvalue weighted by atomic mass is 9.63. The van der Waals surface area contributed by atoms with Crippen LogP contribution in [0.4, 0.5) is 5.69 Å². The Morgan fingerprint density at radius 1 is 0.943 bits per heavy atom. The highest BCUT2D eigenvalue weighted by Gasteiger charge is 2.73. The van der Waals surface area contributed by atoms with Gasteiger partial charge in [0.15, 0.2) is 0 Å². The number of nitro benzene ring substituents is 1. The highest BCUT2D eigenvalue weighted by molar-refractivity contribution is 6.00. The van der Waals surface area contributed by atoms with Gasteiger partial charge in [0.05, 0.1) is 27.3 Å². The molecule has 2 aromatic carbocycles. The monoisotopic (exact) mass is 473 g/mol. The van der Waals surface area contributed by atoms with Gasteiger partial charge in [0, 0.05) is 11.5 Å². The number of fused-ring (bicyclic) bond motifs is 6. The Morgan fingerprint density at radius 3 is 2.17 bits per heavy atom. The number of aryl methyl sites for hydroxylation is 2. The summed E-state index contributed by atoms with van der Waals surface area (Å²) in [4.78, 5) is 47.2. The van der Waals surface area contributed by atoms with Gasteiger partial charge in [0.25, 0.3) is 17.5 Å². The van der Waals surface area contributed by atoms with Crippen molar-refractivity contribution >= 4 is 28.5 Å². The van der Waals surface area contributed by atoms with Gasteiger partial charge in [-0.3, -0.25) is 30.6 Å². The maximum absolute atomic E-state index is 13.8. The van der Waals surface area contributed by atoms with E-state index in [1.54, 1.807) is 0 Å². The van der Waals surface area contributed by atoms with Crippen LogP contribution in [0.25, 0.3) is 11.0 Å². The van der Waals surface area contributed by atoms with E-state index in [1.807, 2.05) is 39.8 Å². The molecule has 0 saturated heterocycles. The number of carbonyl (C=O) groups excluding carboxylic acids is 2. The summed E-state index contributed by atoms with van der Waals surface area (Å²) in [5.41, 5.74) is 7.80. The Kier molecular flexibility index (Phi) is 4.78. The Bertz CT molecular complexity index is 1450. The minimum Gasteiger partial charge on any atom is -0.272 e. The Hall–Kier alpha value is -3.88. The first-order valence-corrected chi connectivity index (χ1v) is 11.6. The maximum Gasteiger partial charge on any atom is 0.282 e. The van der Waals surface area contributed by atoms with Crippen LogP contribution < -0.4 is 10.9 Å². The molecule has 180 valence electrons. The number of nitrogens with zero attached hydrogens (tertiary/aromatic N) is 3. The molecule has 9 heteroatoms. The molecule has 5 rings (SSSR count). The van der Waals surface area contributed by atoms with Gasteiger partial charge in [-0.05, 0) is 61.4 Å². The fraction of sp³-hybridized carbons (Fsp3) is 0.385. The molecule has 1 heterocycles. The molecule has 2 unspecified atom stereocenters. The first-order valence-electron chi connectivity index (χ1n) is 11.6. The van der Waals surface area contributed by atoms with Gasteiger partial charge in [-0.2, -0.15) is 0 Å². The minimum absolute atomic E-state index is 0.130. The van der Waals surface area contributed by atoms with E-state index in [1.165, 1.54) is 24.3 Å². The van der Waals surface area contributed by atoms with Gasteiger partial charge in [-0.25, -0.2) is 9.97 Å². The SMILES string of the molecule is Cc1cc2nc3c(nc2cc1C)C1(C(=O)NNC(=O)c2ccccc2[N+](=O)[O-])CCC3(C)C1(C)C. The molecule has 9 nitrogen and oxygen atoms in total. The molecule has 2 atom stereocenters. The minimum atomic E-state index is -1.01. The van der Waals surface area contributed by atoms with Crippen molar-refractivity contribution in [1.82, 2.24) is 20.8 Å². The van der Waals surface area contributed by atoms with Crippen LogP contribution in [0.2, 0.25) is 0 Å². The molecule has 1 fully saturated rings. The van der Waals surface area contributed by atoms with Crippen LogP contribution in [-0.4, -0.2) is 26.7 Å². The Labute approximate surface area is 202 Å². The molecule has 1 aromatic heterocycles. The second-order valence-corrected chi connectivity index (χ2v) is 10.4. The van der Waals surface area contributed by atoms with Gasteiger partial charge in [-0.1, -0.05) is 32.9 Å². The van der Waals surface area contributed by atoms with Gasteiger partial charge in [-0.15, -0.1) is 0 Å². The zero-order valence-electron chi connectivity index (χ0n) is 20.4. The summed E-state index contributed by atoms with van der Waals surface area (Å²) in [6, 6.07) is 9.63. The number of amides is 2. The summed E-state index contributed by atoms with van der Waals surface area (Å²) < 4.78 is 0. The van der Waals surface area contributed by atoms with Gasteiger partial charge in [0.1, 0.15) is 11.0 Å². The third-order valence-corrected chi connectivity index (χ3v) is 8.68. The van der Waals surface area contributed by atoms with Crippen molar-refractivity contribution in [2.45, 2.75) is 58.3 Å². The number of benzene rings is 2. The summed E-state index contributed by atoms with van der Waals surface area (Å²) >= 11 is 0. The fourth-order valence-corrected chi connectivity index (χ4v) is 5.97. The number of rotatable bonds is 3. The first-order chi connectivity index (χ1) is 16.4. The number of carbonyl (C=O) groups is 2. The molecule has 35 heavy (non-hydrogen) atoms. The number of aromatic nitrogens is 2. The van der Waals surface area contributed by atoms with Crippen LogP contribution >= 0.6 is 0 Å². The number of hydrogen-bond acceptors (Lipinski definition) is 6. The molecule has 0 radical (unpaired) electrons. The molecule has 2 amide bonds. The number of para-hydroxylation sites is 1. The summed E-state index contributed by atoms with van der Waals surface area (Å²) in [7, 11) is 0. The highest BCUT2D eigenvalue weighted by atomic mass is 16.6. The van der Waals surface area contributed by atoms with Crippen LogP contribution in [0.5, 0.6) is 0 Å². The van der Waals surface area contributed by atoms with Crippen LogP contribution in [0.3, 0.4) is 0 Å². The standard InChI is InChI=1S/C26H27N5O4/c1-14-12-17-18(13-15(14)2)28-21-20(27-17)25(5)10-11-26(21,24(25,3)4)23(33)30-29-22(32)16-8-6-7-9-19(16)31(34)35/h6-9,12-13H,10-11H2,1-5H3,(H,29,32)(H,30,33). The van der Waals surface area contributed by atoms with Crippen molar-refractivity contribution in [3.05, 3.63) is 74.6 Å². The van der Waals surface area contributed by atoms with Gasteiger partial charge >= 0.3 is 0 Å². The van der Waals surface area contributed by atoms with Crippen molar-refractivity contribution < 1.29 is 14.5 Å². The lowest BCUT2D eigenvalue weighted by Gasteiger charge is -2.39. The molecule has 2 aliphatic rings. The maximum atomic E-state index is 13.8. The van der Waals surface area contributed by atoms with Crippen LogP contribution in [-0.2, 0) is 15.6 Å². The number of nitrogens with one attached hydrogen (secondary N) is 2. The number of hydrogen-bond donors (Lipinski definition) is 2. The van der Waals surface area contributed by atoms with Gasteiger partial charge in [0.2, 0.25) is 0 Å². The third-order valence-electron chi connectivity index (χ3n) is 8.68. The predicted octanol–water partition coefficient (Wildman–Crippen LogP) is 3.95. The fourth-order valence-electron chi connectivity index (χ4n) is 5.97. The molecule has 2 N–H and O–H groups in total. The summed E-state index contributed by atoms with van der Waals surface area (Å²) in [6.45, 7) is 10.3. The molecule has 3 aromatic rings. The topological polar surface area (TPSA) is 127 Å². The summed E-state index contributed by atoms with van der Waals surface area (Å²) in [5, 5.41) is 11.3. The van der Waals surface area contributed by atoms with E-state index in [4.69, 9.17) is 9.97 Å². The third kappa shape index (κ3) is 2.87. The van der Waals surface area contributed by atoms with Crippen LogP contribution in [0, 0.1) is 29.4 Å². The molecule has 2 aliphatic carbocycles. The summed E-state index contributed by atoms with van der Waals surface area (Å²) in [6.07, 6.45) is 1.31. The quantitative estimate of drug-likeness (QED) is 0.438. The van der Waals surface area contributed by atoms with Crippen molar-refractivity contribution in [2.75, 3.05) is 0 Å². The number of nitro groups is 1. The Balaban J connectivity index is 1.54. The van der Waals surface area contributed by atoms with Crippen molar-refractivity contribution in [3.8, 4) is 0 Å². The van der Waals surface area contributed by atoms with Crippen molar-refractivity contribution in [1.29, 1.82) is 0 Å². The lowest BCUT2D eigenvalue weighted by molar-refractivity contribution is -0.385. The largest absolute Gasteiger partial charge is 0.282 e. The average molecular weight is 474 g/mol. The lowest BCUT2D eigenvalue weighted by Crippen LogP contribution is -2.55. The Morgan fingerprint density at radius 2 is 1.54 bits per heavy atom. The van der Waals surface area contributed by atoms with Gasteiger partial charge < -0.3 is 0 Å². The normalized spacial score (nSPS) is 23.7. The molecular formula is C26H27N5O4. The van der Waals surface area contributed by atoms with E-state index < -0.39 is 27.6 Å². The zero-order valence-corrected chi connectivity index (χ0v) is 20.4. The second-order valence-electron chi connectivity index (χ2n) is 10.4. The first kappa shape index (κ1) is 22.9. The molecule has 1 saturated carbocycles. The van der Waals surface area contributed by atoms with E-state index in [9.17, 15) is 19.7 Å². The number of hydrazine groups is 1. The molecular weight excluding hydrogens is 446 g/mol. The smallest absolute Gasteiger partial charge is 0.272 e. The van der Waals surface area contributed by atoms with Crippen molar-refractivity contribution in [3.63, 3.8) is 0 Å². The molecule has 0 spiro atoms.